The lowest BCUT2D eigenvalue weighted by atomic mass is 9.26. The number of ether oxygens (including phenoxy) is 2. The van der Waals surface area contributed by atoms with Crippen molar-refractivity contribution in [2.24, 2.45) is 97.4 Å². The molecule has 7 heterocycles. The van der Waals surface area contributed by atoms with Crippen molar-refractivity contribution in [2.75, 3.05) is 19.6 Å². The smallest absolute Gasteiger partial charge is 0.339 e. The number of carbonyl (C=O) groups excluding carboxylic acids is 2. The Morgan fingerprint density at radius 3 is 2.54 bits per heavy atom. The fourth-order valence-corrected chi connectivity index (χ4v) is 28.2. The van der Waals surface area contributed by atoms with Gasteiger partial charge in [0.1, 0.15) is 11.2 Å². The monoisotopic (exact) mass is 1090 g/mol. The molecule has 0 aromatic heterocycles. The van der Waals surface area contributed by atoms with Crippen molar-refractivity contribution in [1.82, 2.24) is 9.80 Å². The van der Waals surface area contributed by atoms with E-state index in [-0.39, 0.29) is 52.5 Å². The number of benzene rings is 1. The Labute approximate surface area is 482 Å². The average Bonchev–Trinajstić information content (AvgIpc) is 1.57. The second kappa shape index (κ2) is 16.6. The van der Waals surface area contributed by atoms with Crippen LogP contribution in [0.25, 0.3) is 0 Å². The molecule has 7 aliphatic heterocycles. The maximum absolute atomic E-state index is 17.1. The van der Waals surface area contributed by atoms with Gasteiger partial charge in [-0.05, 0) is 216 Å². The Kier molecular flexibility index (Phi) is 10.1. The normalized spacial score (nSPS) is 48.7. The first-order valence-electron chi connectivity index (χ1n) is 34.4. The lowest BCUT2D eigenvalue weighted by Gasteiger charge is -2.74. The standard InChI is InChI=1S/C73H91N3O5/c1-42-32-46-20-21-56-48-34-49-41-76(56)63(46)62-52-23-30-71-64(58(77)36-57-50-37-67(24-5-6-25-67)70(38-50)28-11-27-69(70)26-9-17-51(69)16-8-19-55(49)75(57)40-48)80-66(79)72(71)59(73(71)54-18-7-14-44(15-10-31-74)60(54)65(78)81-73)35-47(43-12-3-2-4-13-43)33-45-22-29-68(42,62)39-53(45)61(52)72/h7,14,18,33,42-43,47-51,53,55-57,59,62,77H,2-6,9-13,15,17,19-32,34-41,74H2,1H3. The number of rotatable bonds is 4. The van der Waals surface area contributed by atoms with Crippen molar-refractivity contribution in [2.45, 2.75) is 230 Å². The molecule has 8 heteroatoms. The van der Waals surface area contributed by atoms with Crippen molar-refractivity contribution >= 4 is 11.9 Å². The number of hydrogen-bond donors (Lipinski definition) is 2. The van der Waals surface area contributed by atoms with Crippen LogP contribution in [0.1, 0.15) is 221 Å². The van der Waals surface area contributed by atoms with Gasteiger partial charge in [0, 0.05) is 79.0 Å². The fraction of sp³-hybridized carbons (Fsp3) is 0.753. The molecule has 0 radical (unpaired) electrons. The molecule has 18 aliphatic rings. The fourth-order valence-electron chi connectivity index (χ4n) is 28.2. The van der Waals surface area contributed by atoms with Crippen LogP contribution >= 0.6 is 0 Å². The van der Waals surface area contributed by atoms with Gasteiger partial charge in [-0.15, -0.1) is 5.92 Å². The molecule has 3 saturated heterocycles. The predicted molar refractivity (Wildman–Crippen MR) is 310 cm³/mol. The van der Waals surface area contributed by atoms with Crippen molar-refractivity contribution in [3.63, 3.8) is 0 Å². The van der Waals surface area contributed by atoms with E-state index in [1.165, 1.54) is 147 Å². The molecule has 7 saturated carbocycles. The van der Waals surface area contributed by atoms with Gasteiger partial charge in [-0.2, -0.15) is 0 Å². The van der Waals surface area contributed by atoms with Gasteiger partial charge in [-0.3, -0.25) is 9.69 Å². The Morgan fingerprint density at radius 1 is 0.802 bits per heavy atom. The summed E-state index contributed by atoms with van der Waals surface area (Å²) in [6, 6.07) is 7.49. The summed E-state index contributed by atoms with van der Waals surface area (Å²) >= 11 is 0. The maximum atomic E-state index is 17.1. The Balaban J connectivity index is 0.897. The van der Waals surface area contributed by atoms with Gasteiger partial charge in [0.2, 0.25) is 0 Å². The largest absolute Gasteiger partial charge is 0.509 e. The van der Waals surface area contributed by atoms with Crippen molar-refractivity contribution in [1.29, 1.82) is 0 Å². The molecule has 428 valence electrons. The summed E-state index contributed by atoms with van der Waals surface area (Å²) in [5.41, 5.74) is 14.8. The number of aliphatic hydroxyl groups excluding tert-OH is 1. The summed E-state index contributed by atoms with van der Waals surface area (Å²) < 4.78 is 15.1. The lowest BCUT2D eigenvalue weighted by Crippen LogP contribution is -2.78. The number of aliphatic hydroxyl groups is 1. The second-order valence-electron chi connectivity index (χ2n) is 32.1. The third-order valence-corrected chi connectivity index (χ3v) is 30.4. The van der Waals surface area contributed by atoms with E-state index < -0.39 is 16.4 Å². The average molecular weight is 1090 g/mol. The van der Waals surface area contributed by atoms with Crippen LogP contribution in [-0.4, -0.2) is 64.6 Å². The highest BCUT2D eigenvalue weighted by Crippen LogP contribution is 2.90. The van der Waals surface area contributed by atoms with Crippen LogP contribution in [0.15, 0.2) is 63.8 Å². The van der Waals surface area contributed by atoms with Crippen LogP contribution in [0.3, 0.4) is 0 Å². The molecule has 1 aromatic rings. The molecular formula is C73H91N3O5. The van der Waals surface area contributed by atoms with E-state index in [1.54, 1.807) is 22.4 Å². The van der Waals surface area contributed by atoms with E-state index in [1.807, 2.05) is 0 Å². The van der Waals surface area contributed by atoms with Crippen molar-refractivity contribution in [3.05, 3.63) is 80.5 Å². The Hall–Kier alpha value is -3.80. The van der Waals surface area contributed by atoms with Crippen LogP contribution in [0.2, 0.25) is 0 Å². The van der Waals surface area contributed by atoms with E-state index in [4.69, 9.17) is 15.2 Å². The minimum absolute atomic E-state index is 0.106. The molecule has 3 N–H and O–H groups in total. The highest BCUT2D eigenvalue weighted by Gasteiger charge is 2.94. The molecular weight excluding hydrogens is 999 g/mol. The zero-order valence-corrected chi connectivity index (χ0v) is 48.9. The SMILES string of the molecule is CC1CC2=C3C4C5=C6C7CC14CCC7=CC(C1CCCCC1)CC1C64C(=O)OC(=C(O)CC6C7CC8(CCCC8)C8(CCCC89CCCC9C#CCC8C9CC(CN86)C(CC2)N3C9)C7)C4(CC5)C12OC(=O)c1c(CCCN)cccc12. The minimum Gasteiger partial charge on any atom is -0.509 e. The third-order valence-electron chi connectivity index (χ3n) is 30.4. The number of allylic oxidation sites excluding steroid dienone is 4. The quantitative estimate of drug-likeness (QED) is 0.175. The predicted octanol–water partition coefficient (Wildman–Crippen LogP) is 14.1. The molecule has 10 fully saturated rings. The van der Waals surface area contributed by atoms with E-state index in [0.29, 0.717) is 101 Å². The number of piperidine rings is 2. The highest BCUT2D eigenvalue weighted by molar-refractivity contribution is 6.00. The van der Waals surface area contributed by atoms with Crippen LogP contribution < -0.4 is 5.73 Å². The van der Waals surface area contributed by atoms with E-state index in [9.17, 15) is 5.11 Å². The number of hydrogen-bond acceptors (Lipinski definition) is 8. The molecule has 18 atom stereocenters. The van der Waals surface area contributed by atoms with Gasteiger partial charge in [-0.1, -0.05) is 98.8 Å². The van der Waals surface area contributed by atoms with Gasteiger partial charge >= 0.3 is 11.9 Å². The lowest BCUT2D eigenvalue weighted by molar-refractivity contribution is -0.284. The summed E-state index contributed by atoms with van der Waals surface area (Å²) in [5, 5.41) is 14.4. The van der Waals surface area contributed by atoms with Crippen LogP contribution in [0, 0.1) is 104 Å². The third kappa shape index (κ3) is 5.54. The van der Waals surface area contributed by atoms with Gasteiger partial charge in [0.05, 0.1) is 11.0 Å². The van der Waals surface area contributed by atoms with E-state index in [0.717, 1.165) is 62.7 Å². The van der Waals surface area contributed by atoms with Gasteiger partial charge in [0.15, 0.2) is 11.4 Å². The highest BCUT2D eigenvalue weighted by atomic mass is 16.6. The molecule has 1 aromatic carbocycles. The number of nitrogens with two attached hydrogens (primary N) is 1. The van der Waals surface area contributed by atoms with Crippen molar-refractivity contribution in [3.8, 4) is 11.8 Å². The molecule has 12 bridgehead atoms. The molecule has 0 amide bonds. The minimum atomic E-state index is -1.16. The number of esters is 2. The topological polar surface area (TPSA) is 105 Å². The zero-order chi connectivity index (χ0) is 53.8. The Bertz CT molecular complexity index is 3190. The van der Waals surface area contributed by atoms with Gasteiger partial charge in [0.25, 0.3) is 0 Å². The van der Waals surface area contributed by atoms with E-state index in [2.05, 4.69) is 52.8 Å². The van der Waals surface area contributed by atoms with Crippen LogP contribution in [0.5, 0.6) is 0 Å². The first-order chi connectivity index (χ1) is 39.6. The molecule has 18 unspecified atom stereocenters. The second-order valence-corrected chi connectivity index (χ2v) is 32.1. The van der Waals surface area contributed by atoms with Crippen molar-refractivity contribution < 1.29 is 24.2 Å². The first-order valence-corrected chi connectivity index (χ1v) is 34.4. The number of nitrogens with zero attached hydrogens (tertiary/aromatic N) is 2. The first kappa shape index (κ1) is 49.5. The number of carbonyl (C=O) groups is 2. The van der Waals surface area contributed by atoms with Crippen LogP contribution in [-0.2, 0) is 26.3 Å². The molecule has 19 rings (SSSR count). The summed E-state index contributed by atoms with van der Waals surface area (Å²) in [6.45, 7) is 5.40. The summed E-state index contributed by atoms with van der Waals surface area (Å²) in [7, 11) is 0. The Morgan fingerprint density at radius 2 is 1.67 bits per heavy atom. The molecule has 81 heavy (non-hydrogen) atoms. The van der Waals surface area contributed by atoms with Gasteiger partial charge < -0.3 is 25.2 Å². The van der Waals surface area contributed by atoms with Crippen LogP contribution in [0.4, 0.5) is 0 Å². The molecule has 7 spiro atoms. The van der Waals surface area contributed by atoms with E-state index >= 15 is 9.59 Å². The number of aryl methyl sites for hydroxylation is 1. The molecule has 11 aliphatic carbocycles. The number of fused-ring (bicyclic) bond motifs is 8. The summed E-state index contributed by atoms with van der Waals surface area (Å²) in [6.07, 6.45) is 38.6. The van der Waals surface area contributed by atoms with Gasteiger partial charge in [-0.25, -0.2) is 4.79 Å². The summed E-state index contributed by atoms with van der Waals surface area (Å²) in [4.78, 5) is 38.9. The maximum Gasteiger partial charge on any atom is 0.339 e. The molecule has 8 nitrogen and oxygen atoms in total. The zero-order valence-electron chi connectivity index (χ0n) is 48.9. The summed E-state index contributed by atoms with van der Waals surface area (Å²) in [5.74, 6) is 12.4.